The van der Waals surface area contributed by atoms with Crippen LogP contribution in [0.15, 0.2) is 17.3 Å². The molecule has 1 heterocycles. The summed E-state index contributed by atoms with van der Waals surface area (Å²) < 4.78 is 50.6. The van der Waals surface area contributed by atoms with E-state index in [-0.39, 0.29) is 25.6 Å². The molecule has 1 rings (SSSR count). The monoisotopic (exact) mass is 349 g/mol. The van der Waals surface area contributed by atoms with E-state index in [0.29, 0.717) is 0 Å². The van der Waals surface area contributed by atoms with Gasteiger partial charge in [-0.2, -0.15) is 18.3 Å². The summed E-state index contributed by atoms with van der Waals surface area (Å²) in [5.41, 5.74) is -1.60. The van der Waals surface area contributed by atoms with Gasteiger partial charge in [0.25, 0.3) is 0 Å². The number of aryl methyl sites for hydroxylation is 1. The predicted octanol–water partition coefficient (Wildman–Crippen LogP) is 2.28. The number of halogens is 3. The normalized spacial score (nSPS) is 12.4. The molecule has 0 amide bonds. The van der Waals surface area contributed by atoms with Crippen LogP contribution >= 0.6 is 0 Å². The molecule has 0 spiro atoms. The fourth-order valence-corrected chi connectivity index (χ4v) is 1.85. The maximum absolute atomic E-state index is 13.4. The minimum absolute atomic E-state index is 0.136. The fraction of sp³-hybridized carbons (Fsp3) is 0.571. The summed E-state index contributed by atoms with van der Waals surface area (Å²) in [6.07, 6.45) is -3.77. The zero-order chi connectivity index (χ0) is 18.3. The van der Waals surface area contributed by atoms with Crippen LogP contribution in [0.2, 0.25) is 0 Å². The van der Waals surface area contributed by atoms with Crippen molar-refractivity contribution in [1.29, 1.82) is 0 Å². The van der Waals surface area contributed by atoms with Gasteiger partial charge in [0, 0.05) is 12.6 Å². The van der Waals surface area contributed by atoms with Gasteiger partial charge in [0.15, 0.2) is 5.82 Å². The van der Waals surface area contributed by atoms with E-state index in [4.69, 9.17) is 0 Å². The number of nitrogens with zero attached hydrogens (tertiary/aromatic N) is 3. The molecular formula is C14H18F3N3O4. The van der Waals surface area contributed by atoms with Crippen molar-refractivity contribution in [1.82, 2.24) is 9.78 Å². The van der Waals surface area contributed by atoms with Crippen molar-refractivity contribution < 1.29 is 32.2 Å². The summed E-state index contributed by atoms with van der Waals surface area (Å²) in [5, 5.41) is 3.80. The van der Waals surface area contributed by atoms with Crippen LogP contribution in [-0.2, 0) is 25.6 Å². The Balaban J connectivity index is 3.42. The molecule has 0 bridgehead atoms. The zero-order valence-corrected chi connectivity index (χ0v) is 13.5. The van der Waals surface area contributed by atoms with Gasteiger partial charge in [0.2, 0.25) is 5.92 Å². The number of aromatic nitrogens is 2. The van der Waals surface area contributed by atoms with Crippen LogP contribution in [0.1, 0.15) is 20.8 Å². The molecule has 7 nitrogen and oxygen atoms in total. The maximum atomic E-state index is 13.4. The molecule has 0 N–H and O–H groups in total. The van der Waals surface area contributed by atoms with Crippen LogP contribution in [0.5, 0.6) is 0 Å². The molecule has 134 valence electrons. The average molecular weight is 349 g/mol. The first-order chi connectivity index (χ1) is 11.3. The number of esters is 2. The molecule has 0 atom stereocenters. The summed E-state index contributed by atoms with van der Waals surface area (Å²) in [6.45, 7) is 4.38. The quantitative estimate of drug-likeness (QED) is 0.428. The van der Waals surface area contributed by atoms with Gasteiger partial charge in [0.1, 0.15) is 5.71 Å². The number of ether oxygens (including phenoxy) is 2. The van der Waals surface area contributed by atoms with Gasteiger partial charge >= 0.3 is 18.1 Å². The van der Waals surface area contributed by atoms with Crippen LogP contribution in [0.3, 0.4) is 0 Å². The molecule has 10 heteroatoms. The Morgan fingerprint density at radius 1 is 1.21 bits per heavy atom. The highest BCUT2D eigenvalue weighted by Gasteiger charge is 2.49. The largest absolute Gasteiger partial charge is 0.465 e. The molecule has 0 aliphatic rings. The SMILES string of the molecule is CCOC(=O)C(C(=O)OCC)C(=Nc1ccnn1CC)C(F)(F)F. The van der Waals surface area contributed by atoms with Crippen molar-refractivity contribution in [2.45, 2.75) is 33.5 Å². The smallest absolute Gasteiger partial charge is 0.431 e. The Labute approximate surface area is 136 Å². The Hall–Kier alpha value is -2.39. The third-order valence-corrected chi connectivity index (χ3v) is 2.84. The van der Waals surface area contributed by atoms with Gasteiger partial charge < -0.3 is 9.47 Å². The molecular weight excluding hydrogens is 331 g/mol. The number of hydrogen-bond acceptors (Lipinski definition) is 6. The van der Waals surface area contributed by atoms with Crippen LogP contribution in [0.4, 0.5) is 19.0 Å². The van der Waals surface area contributed by atoms with Crippen molar-refractivity contribution in [3.63, 3.8) is 0 Å². The molecule has 1 aromatic rings. The van der Waals surface area contributed by atoms with Crippen molar-refractivity contribution in [3.05, 3.63) is 12.3 Å². The van der Waals surface area contributed by atoms with Crippen LogP contribution < -0.4 is 0 Å². The van der Waals surface area contributed by atoms with E-state index in [1.54, 1.807) is 6.92 Å². The van der Waals surface area contributed by atoms with Crippen LogP contribution in [0, 0.1) is 5.92 Å². The van der Waals surface area contributed by atoms with Crippen molar-refractivity contribution in [2.24, 2.45) is 10.9 Å². The first kappa shape index (κ1) is 19.7. The van der Waals surface area contributed by atoms with Gasteiger partial charge in [0.05, 0.1) is 19.4 Å². The highest BCUT2D eigenvalue weighted by atomic mass is 19.4. The second-order valence-electron chi connectivity index (χ2n) is 4.44. The first-order valence-corrected chi connectivity index (χ1v) is 7.27. The number of hydrogen-bond donors (Lipinski definition) is 0. The Bertz CT molecular complexity index is 593. The van der Waals surface area contributed by atoms with Gasteiger partial charge in [-0.15, -0.1) is 0 Å². The molecule has 0 aliphatic heterocycles. The van der Waals surface area contributed by atoms with E-state index >= 15 is 0 Å². The van der Waals surface area contributed by atoms with Gasteiger partial charge in [-0.3, -0.25) is 9.59 Å². The van der Waals surface area contributed by atoms with E-state index in [1.807, 2.05) is 0 Å². The lowest BCUT2D eigenvalue weighted by atomic mass is 10.0. The molecule has 0 saturated heterocycles. The van der Waals surface area contributed by atoms with E-state index in [2.05, 4.69) is 19.6 Å². The summed E-state index contributed by atoms with van der Waals surface area (Å²) >= 11 is 0. The van der Waals surface area contributed by atoms with E-state index < -0.39 is 29.7 Å². The number of carbonyl (C=O) groups is 2. The van der Waals surface area contributed by atoms with Gasteiger partial charge in [-0.1, -0.05) is 0 Å². The minimum atomic E-state index is -5.03. The second kappa shape index (κ2) is 8.46. The van der Waals surface area contributed by atoms with E-state index in [0.717, 1.165) is 0 Å². The lowest BCUT2D eigenvalue weighted by Gasteiger charge is -2.18. The highest BCUT2D eigenvalue weighted by molar-refractivity contribution is 6.19. The minimum Gasteiger partial charge on any atom is -0.465 e. The lowest BCUT2D eigenvalue weighted by Crippen LogP contribution is -2.42. The predicted molar refractivity (Wildman–Crippen MR) is 77.8 cm³/mol. The Kier molecular flexibility index (Phi) is 6.93. The second-order valence-corrected chi connectivity index (χ2v) is 4.44. The maximum Gasteiger partial charge on any atom is 0.431 e. The average Bonchev–Trinajstić information content (AvgIpc) is 2.93. The standard InChI is InChI=1S/C14H18F3N3O4/c1-4-20-9(7-8-18-20)19-11(14(15,16)17)10(12(21)23-5-2)13(22)24-6-3/h7-8,10H,4-6H2,1-3H3. The van der Waals surface area contributed by atoms with E-state index in [9.17, 15) is 22.8 Å². The molecule has 1 aromatic heterocycles. The number of alkyl halides is 3. The number of aliphatic imine (C=N–C) groups is 1. The summed E-state index contributed by atoms with van der Waals surface area (Å²) in [7, 11) is 0. The Morgan fingerprint density at radius 2 is 1.75 bits per heavy atom. The van der Waals surface area contributed by atoms with Crippen molar-refractivity contribution >= 4 is 23.5 Å². The van der Waals surface area contributed by atoms with E-state index in [1.165, 1.54) is 30.8 Å². The molecule has 0 unspecified atom stereocenters. The number of rotatable bonds is 7. The zero-order valence-electron chi connectivity index (χ0n) is 13.5. The fourth-order valence-electron chi connectivity index (χ4n) is 1.85. The molecule has 0 fully saturated rings. The van der Waals surface area contributed by atoms with Gasteiger partial charge in [-0.05, 0) is 20.8 Å². The molecule has 0 aromatic carbocycles. The molecule has 24 heavy (non-hydrogen) atoms. The van der Waals surface area contributed by atoms with Gasteiger partial charge in [-0.25, -0.2) is 9.67 Å². The number of carbonyl (C=O) groups excluding carboxylic acids is 2. The lowest BCUT2D eigenvalue weighted by molar-refractivity contribution is -0.159. The van der Waals surface area contributed by atoms with Crippen LogP contribution in [-0.4, -0.2) is 46.8 Å². The van der Waals surface area contributed by atoms with Crippen molar-refractivity contribution in [3.8, 4) is 0 Å². The molecule has 0 saturated carbocycles. The third-order valence-electron chi connectivity index (χ3n) is 2.84. The highest BCUT2D eigenvalue weighted by Crippen LogP contribution is 2.27. The van der Waals surface area contributed by atoms with Crippen molar-refractivity contribution in [2.75, 3.05) is 13.2 Å². The summed E-state index contributed by atoms with van der Waals surface area (Å²) in [6, 6.07) is 1.24. The topological polar surface area (TPSA) is 82.8 Å². The first-order valence-electron chi connectivity index (χ1n) is 7.27. The Morgan fingerprint density at radius 3 is 2.17 bits per heavy atom. The molecule has 0 radical (unpaired) electrons. The summed E-state index contributed by atoms with van der Waals surface area (Å²) in [4.78, 5) is 27.3. The molecule has 0 aliphatic carbocycles. The third kappa shape index (κ3) is 4.80. The summed E-state index contributed by atoms with van der Waals surface area (Å²) in [5.74, 6) is -5.18. The van der Waals surface area contributed by atoms with Crippen LogP contribution in [0.25, 0.3) is 0 Å².